The smallest absolute Gasteiger partial charge is 0.326 e. The quantitative estimate of drug-likeness (QED) is 0.145. The molecule has 0 saturated heterocycles. The molecule has 4 unspecified atom stereocenters. The number of carboxylic acid groups (broad SMARTS) is 2. The lowest BCUT2D eigenvalue weighted by Crippen LogP contribution is -2.57. The van der Waals surface area contributed by atoms with Crippen molar-refractivity contribution >= 4 is 54.1 Å². The van der Waals surface area contributed by atoms with Crippen LogP contribution in [-0.2, 0) is 24.0 Å². The summed E-state index contributed by atoms with van der Waals surface area (Å²) in [4.78, 5) is 59.9. The van der Waals surface area contributed by atoms with Crippen molar-refractivity contribution < 1.29 is 34.2 Å². The van der Waals surface area contributed by atoms with Gasteiger partial charge >= 0.3 is 11.9 Å². The van der Waals surface area contributed by atoms with Crippen LogP contribution in [0.4, 0.5) is 0 Å². The SMILES string of the molecule is CSCCC(NC(=O)C(CC(=O)O)NC(=O)C(CC(C)C)NC(=O)C(N)CS)C(=O)O. The van der Waals surface area contributed by atoms with Gasteiger partial charge < -0.3 is 31.9 Å². The first-order valence-corrected chi connectivity index (χ1v) is 11.7. The third-order valence-electron chi connectivity index (χ3n) is 4.11. The Morgan fingerprint density at radius 1 is 0.935 bits per heavy atom. The molecule has 13 heteroatoms. The van der Waals surface area contributed by atoms with Crippen molar-refractivity contribution in [2.45, 2.75) is 57.3 Å². The summed E-state index contributed by atoms with van der Waals surface area (Å²) < 4.78 is 0. The molecule has 0 fully saturated rings. The van der Waals surface area contributed by atoms with E-state index in [4.69, 9.17) is 10.8 Å². The molecule has 0 aromatic heterocycles. The van der Waals surface area contributed by atoms with Crippen molar-refractivity contribution in [3.05, 3.63) is 0 Å². The van der Waals surface area contributed by atoms with E-state index < -0.39 is 60.2 Å². The average Bonchev–Trinajstić information content (AvgIpc) is 2.67. The first kappa shape index (κ1) is 29.0. The van der Waals surface area contributed by atoms with Crippen LogP contribution in [0.1, 0.15) is 33.1 Å². The van der Waals surface area contributed by atoms with Gasteiger partial charge in [0, 0.05) is 5.75 Å². The lowest BCUT2D eigenvalue weighted by atomic mass is 10.0. The number of carboxylic acids is 2. The van der Waals surface area contributed by atoms with E-state index in [1.54, 1.807) is 6.26 Å². The number of rotatable bonds is 15. The second-order valence-electron chi connectivity index (χ2n) is 7.32. The predicted octanol–water partition coefficient (Wildman–Crippen LogP) is -0.944. The third kappa shape index (κ3) is 11.8. The zero-order valence-electron chi connectivity index (χ0n) is 17.8. The van der Waals surface area contributed by atoms with Crippen LogP contribution in [0.3, 0.4) is 0 Å². The molecule has 0 radical (unpaired) electrons. The summed E-state index contributed by atoms with van der Waals surface area (Å²) in [5.74, 6) is -4.46. The minimum atomic E-state index is -1.52. The fourth-order valence-corrected chi connectivity index (χ4v) is 3.12. The number of thioether (sulfide) groups is 1. The van der Waals surface area contributed by atoms with E-state index in [2.05, 4.69) is 28.6 Å². The van der Waals surface area contributed by atoms with Crippen LogP contribution < -0.4 is 21.7 Å². The molecule has 4 atom stereocenters. The maximum atomic E-state index is 12.7. The van der Waals surface area contributed by atoms with E-state index >= 15 is 0 Å². The number of thiol groups is 1. The predicted molar refractivity (Wildman–Crippen MR) is 120 cm³/mol. The Morgan fingerprint density at radius 2 is 1.45 bits per heavy atom. The van der Waals surface area contributed by atoms with E-state index in [1.807, 2.05) is 13.8 Å². The van der Waals surface area contributed by atoms with Gasteiger partial charge in [-0.1, -0.05) is 13.8 Å². The summed E-state index contributed by atoms with van der Waals surface area (Å²) in [5.41, 5.74) is 5.61. The van der Waals surface area contributed by atoms with Crippen molar-refractivity contribution in [2.75, 3.05) is 17.8 Å². The van der Waals surface area contributed by atoms with Crippen LogP contribution in [0.15, 0.2) is 0 Å². The second kappa shape index (κ2) is 14.9. The molecular weight excluding hydrogens is 448 g/mol. The molecule has 178 valence electrons. The molecule has 0 aliphatic rings. The Morgan fingerprint density at radius 3 is 1.90 bits per heavy atom. The summed E-state index contributed by atoms with van der Waals surface area (Å²) in [5, 5.41) is 25.4. The van der Waals surface area contributed by atoms with Gasteiger partial charge in [0.25, 0.3) is 0 Å². The zero-order valence-corrected chi connectivity index (χ0v) is 19.5. The molecule has 3 amide bonds. The molecule has 0 bridgehead atoms. The van der Waals surface area contributed by atoms with E-state index in [1.165, 1.54) is 11.8 Å². The van der Waals surface area contributed by atoms with Crippen LogP contribution in [0.5, 0.6) is 0 Å². The molecule has 31 heavy (non-hydrogen) atoms. The summed E-state index contributed by atoms with van der Waals surface area (Å²) in [6.07, 6.45) is 1.36. The minimum absolute atomic E-state index is 0.0158. The molecule has 0 spiro atoms. The Bertz CT molecular complexity index is 648. The highest BCUT2D eigenvalue weighted by Gasteiger charge is 2.31. The molecule has 0 rings (SSSR count). The molecule has 7 N–H and O–H groups in total. The molecule has 0 heterocycles. The van der Waals surface area contributed by atoms with Gasteiger partial charge in [-0.25, -0.2) is 4.79 Å². The largest absolute Gasteiger partial charge is 0.481 e. The number of nitrogens with one attached hydrogen (secondary N) is 3. The van der Waals surface area contributed by atoms with Crippen LogP contribution in [0, 0.1) is 5.92 Å². The summed E-state index contributed by atoms with van der Waals surface area (Å²) in [7, 11) is 0. The van der Waals surface area contributed by atoms with Gasteiger partial charge in [-0.15, -0.1) is 0 Å². The van der Waals surface area contributed by atoms with E-state index in [0.717, 1.165) is 0 Å². The van der Waals surface area contributed by atoms with Gasteiger partial charge in [0.2, 0.25) is 17.7 Å². The van der Waals surface area contributed by atoms with Crippen LogP contribution >= 0.6 is 24.4 Å². The second-order valence-corrected chi connectivity index (χ2v) is 8.67. The van der Waals surface area contributed by atoms with Crippen molar-refractivity contribution in [3.63, 3.8) is 0 Å². The van der Waals surface area contributed by atoms with Crippen molar-refractivity contribution in [1.29, 1.82) is 0 Å². The standard InChI is InChI=1S/C18H32N4O7S2/c1-9(2)6-12(21-15(25)10(19)8-30)16(26)22-13(7-14(23)24)17(27)20-11(18(28)29)4-5-31-3/h9-13,30H,4-8,19H2,1-3H3,(H,20,27)(H,21,25)(H,22,26)(H,23,24)(H,28,29). The van der Waals surface area contributed by atoms with Gasteiger partial charge in [0.05, 0.1) is 12.5 Å². The number of hydrogen-bond donors (Lipinski definition) is 7. The molecule has 0 aromatic rings. The maximum Gasteiger partial charge on any atom is 0.326 e. The highest BCUT2D eigenvalue weighted by atomic mass is 32.2. The number of hydrogen-bond acceptors (Lipinski definition) is 8. The fraction of sp³-hybridized carbons (Fsp3) is 0.722. The molecule has 0 aliphatic carbocycles. The summed E-state index contributed by atoms with van der Waals surface area (Å²) in [6, 6.07) is -4.76. The molecule has 0 saturated carbocycles. The summed E-state index contributed by atoms with van der Waals surface area (Å²) in [6.45, 7) is 3.63. The van der Waals surface area contributed by atoms with Gasteiger partial charge in [-0.3, -0.25) is 19.2 Å². The zero-order chi connectivity index (χ0) is 24.1. The molecule has 0 aromatic carbocycles. The van der Waals surface area contributed by atoms with Crippen molar-refractivity contribution in [3.8, 4) is 0 Å². The first-order chi connectivity index (χ1) is 14.4. The van der Waals surface area contributed by atoms with E-state index in [-0.39, 0.29) is 24.5 Å². The lowest BCUT2D eigenvalue weighted by molar-refractivity contribution is -0.143. The van der Waals surface area contributed by atoms with Crippen LogP contribution in [0.25, 0.3) is 0 Å². The normalized spacial score (nSPS) is 14.8. The highest BCUT2D eigenvalue weighted by Crippen LogP contribution is 2.08. The lowest BCUT2D eigenvalue weighted by Gasteiger charge is -2.25. The Balaban J connectivity index is 5.44. The Kier molecular flexibility index (Phi) is 14.0. The van der Waals surface area contributed by atoms with Gasteiger partial charge in [0.15, 0.2) is 0 Å². The molecule has 0 aliphatic heterocycles. The fourth-order valence-electron chi connectivity index (χ4n) is 2.49. The van der Waals surface area contributed by atoms with Crippen molar-refractivity contribution in [1.82, 2.24) is 16.0 Å². The third-order valence-corrected chi connectivity index (χ3v) is 5.15. The van der Waals surface area contributed by atoms with Gasteiger partial charge in [-0.05, 0) is 30.8 Å². The highest BCUT2D eigenvalue weighted by molar-refractivity contribution is 7.98. The summed E-state index contributed by atoms with van der Waals surface area (Å²) >= 11 is 5.33. The van der Waals surface area contributed by atoms with Crippen LogP contribution in [0.2, 0.25) is 0 Å². The van der Waals surface area contributed by atoms with E-state index in [0.29, 0.717) is 5.75 Å². The number of carbonyl (C=O) groups excluding carboxylic acids is 3. The maximum absolute atomic E-state index is 12.7. The Labute approximate surface area is 191 Å². The van der Waals surface area contributed by atoms with Crippen molar-refractivity contribution in [2.24, 2.45) is 11.7 Å². The molecule has 11 nitrogen and oxygen atoms in total. The first-order valence-electron chi connectivity index (χ1n) is 9.63. The minimum Gasteiger partial charge on any atom is -0.481 e. The number of aliphatic carboxylic acids is 2. The Hall–Kier alpha value is -1.99. The van der Waals surface area contributed by atoms with Gasteiger partial charge in [0.1, 0.15) is 18.1 Å². The van der Waals surface area contributed by atoms with E-state index in [9.17, 15) is 29.1 Å². The molecular formula is C18H32N4O7S2. The monoisotopic (exact) mass is 480 g/mol. The van der Waals surface area contributed by atoms with Gasteiger partial charge in [-0.2, -0.15) is 24.4 Å². The number of carbonyl (C=O) groups is 5. The topological polar surface area (TPSA) is 188 Å². The van der Waals surface area contributed by atoms with Crippen LogP contribution in [-0.4, -0.2) is 81.8 Å². The average molecular weight is 481 g/mol. The number of amides is 3. The number of nitrogens with two attached hydrogens (primary N) is 1.